The zero-order valence-electron chi connectivity index (χ0n) is 9.25. The number of halogens is 3. The van der Waals surface area contributed by atoms with Gasteiger partial charge in [-0.1, -0.05) is 62.2 Å². The fourth-order valence-corrected chi connectivity index (χ4v) is 2.89. The number of benzene rings is 2. The molecular formula is C14H11Br2Cl. The van der Waals surface area contributed by atoms with Crippen molar-refractivity contribution in [3.05, 3.63) is 68.1 Å². The summed E-state index contributed by atoms with van der Waals surface area (Å²) in [6, 6.07) is 14.2. The van der Waals surface area contributed by atoms with E-state index in [1.807, 2.05) is 30.3 Å². The van der Waals surface area contributed by atoms with E-state index in [0.29, 0.717) is 0 Å². The van der Waals surface area contributed by atoms with Gasteiger partial charge in [-0.3, -0.25) is 0 Å². The van der Waals surface area contributed by atoms with Crippen LogP contribution in [0, 0.1) is 6.92 Å². The quantitative estimate of drug-likeness (QED) is 0.579. The van der Waals surface area contributed by atoms with E-state index < -0.39 is 0 Å². The molecule has 0 saturated carbocycles. The van der Waals surface area contributed by atoms with Crippen LogP contribution in [0.2, 0.25) is 0 Å². The molecule has 2 aromatic rings. The van der Waals surface area contributed by atoms with Crippen LogP contribution in [0.5, 0.6) is 0 Å². The molecule has 0 nitrogen and oxygen atoms in total. The molecule has 0 fully saturated rings. The van der Waals surface area contributed by atoms with Crippen molar-refractivity contribution in [2.24, 2.45) is 0 Å². The zero-order valence-corrected chi connectivity index (χ0v) is 13.2. The molecule has 1 atom stereocenters. The highest BCUT2D eigenvalue weighted by Crippen LogP contribution is 2.35. The van der Waals surface area contributed by atoms with Crippen molar-refractivity contribution in [1.82, 2.24) is 0 Å². The number of alkyl halides is 1. The van der Waals surface area contributed by atoms with Gasteiger partial charge in [0.05, 0.1) is 5.38 Å². The summed E-state index contributed by atoms with van der Waals surface area (Å²) in [5, 5.41) is -0.127. The molecule has 0 amide bonds. The molecule has 1 unspecified atom stereocenters. The fraction of sp³-hybridized carbons (Fsp3) is 0.143. The highest BCUT2D eigenvalue weighted by atomic mass is 79.9. The Morgan fingerprint density at radius 3 is 2.29 bits per heavy atom. The minimum absolute atomic E-state index is 0.127. The summed E-state index contributed by atoms with van der Waals surface area (Å²) in [7, 11) is 0. The van der Waals surface area contributed by atoms with Gasteiger partial charge in [0.2, 0.25) is 0 Å². The molecular weight excluding hydrogens is 363 g/mol. The molecule has 0 N–H and O–H groups in total. The Bertz CT molecular complexity index is 520. The van der Waals surface area contributed by atoms with Gasteiger partial charge in [-0.05, 0) is 35.7 Å². The number of hydrogen-bond acceptors (Lipinski definition) is 0. The first kappa shape index (κ1) is 13.1. The van der Waals surface area contributed by atoms with E-state index in [9.17, 15) is 0 Å². The van der Waals surface area contributed by atoms with Crippen molar-refractivity contribution in [2.75, 3.05) is 0 Å². The Labute approximate surface area is 123 Å². The van der Waals surface area contributed by atoms with Gasteiger partial charge in [-0.25, -0.2) is 0 Å². The topological polar surface area (TPSA) is 0 Å². The number of rotatable bonds is 2. The Balaban J connectivity index is 2.40. The van der Waals surface area contributed by atoms with Crippen LogP contribution in [0.4, 0.5) is 0 Å². The first-order valence-electron chi connectivity index (χ1n) is 5.24. The molecule has 0 bridgehead atoms. The van der Waals surface area contributed by atoms with E-state index in [0.717, 1.165) is 20.1 Å². The van der Waals surface area contributed by atoms with Gasteiger partial charge in [0, 0.05) is 8.95 Å². The first-order chi connectivity index (χ1) is 8.09. The molecule has 0 aliphatic heterocycles. The lowest BCUT2D eigenvalue weighted by atomic mass is 10.0. The van der Waals surface area contributed by atoms with Crippen LogP contribution in [0.25, 0.3) is 0 Å². The van der Waals surface area contributed by atoms with Gasteiger partial charge >= 0.3 is 0 Å². The molecule has 0 aromatic heterocycles. The summed E-state index contributed by atoms with van der Waals surface area (Å²) in [5.41, 5.74) is 3.40. The van der Waals surface area contributed by atoms with Crippen LogP contribution in [-0.2, 0) is 0 Å². The van der Waals surface area contributed by atoms with Crippen LogP contribution >= 0.6 is 43.5 Å². The van der Waals surface area contributed by atoms with E-state index >= 15 is 0 Å². The second-order valence-corrected chi connectivity index (χ2v) is 6.04. The second kappa shape index (κ2) is 5.55. The normalized spacial score (nSPS) is 12.5. The van der Waals surface area contributed by atoms with Gasteiger partial charge in [-0.2, -0.15) is 0 Å². The third kappa shape index (κ3) is 2.93. The smallest absolute Gasteiger partial charge is 0.0846 e. The monoisotopic (exact) mass is 372 g/mol. The van der Waals surface area contributed by atoms with Gasteiger partial charge in [0.15, 0.2) is 0 Å². The maximum Gasteiger partial charge on any atom is 0.0846 e. The van der Waals surface area contributed by atoms with Crippen LogP contribution in [0.15, 0.2) is 51.4 Å². The molecule has 0 aliphatic rings. The molecule has 17 heavy (non-hydrogen) atoms. The lowest BCUT2D eigenvalue weighted by molar-refractivity contribution is 1.12. The summed E-state index contributed by atoms with van der Waals surface area (Å²) in [5.74, 6) is 0. The highest BCUT2D eigenvalue weighted by Gasteiger charge is 2.14. The maximum atomic E-state index is 6.52. The van der Waals surface area contributed by atoms with E-state index in [1.54, 1.807) is 0 Å². The number of hydrogen-bond donors (Lipinski definition) is 0. The third-order valence-corrected chi connectivity index (χ3v) is 4.76. The Morgan fingerprint density at radius 2 is 1.65 bits per heavy atom. The van der Waals surface area contributed by atoms with Gasteiger partial charge < -0.3 is 0 Å². The van der Waals surface area contributed by atoms with Crippen molar-refractivity contribution >= 4 is 43.5 Å². The van der Waals surface area contributed by atoms with E-state index in [-0.39, 0.29) is 5.38 Å². The molecule has 0 heterocycles. The van der Waals surface area contributed by atoms with Crippen LogP contribution in [-0.4, -0.2) is 0 Å². The predicted molar refractivity (Wildman–Crippen MR) is 80.7 cm³/mol. The van der Waals surface area contributed by atoms with Crippen molar-refractivity contribution in [3.63, 3.8) is 0 Å². The van der Waals surface area contributed by atoms with Crippen molar-refractivity contribution < 1.29 is 0 Å². The van der Waals surface area contributed by atoms with E-state index in [4.69, 9.17) is 11.6 Å². The minimum atomic E-state index is -0.127. The molecule has 2 rings (SSSR count). The van der Waals surface area contributed by atoms with Gasteiger partial charge in [0.25, 0.3) is 0 Å². The molecule has 88 valence electrons. The van der Waals surface area contributed by atoms with Crippen molar-refractivity contribution in [1.29, 1.82) is 0 Å². The average molecular weight is 375 g/mol. The summed E-state index contributed by atoms with van der Waals surface area (Å²) >= 11 is 13.5. The van der Waals surface area contributed by atoms with E-state index in [2.05, 4.69) is 50.9 Å². The molecule has 3 heteroatoms. The minimum Gasteiger partial charge on any atom is -0.113 e. The first-order valence-corrected chi connectivity index (χ1v) is 7.26. The van der Waals surface area contributed by atoms with Gasteiger partial charge in [0.1, 0.15) is 0 Å². The highest BCUT2D eigenvalue weighted by molar-refractivity contribution is 9.10. The lowest BCUT2D eigenvalue weighted by Gasteiger charge is -2.13. The number of aryl methyl sites for hydroxylation is 1. The summed E-state index contributed by atoms with van der Waals surface area (Å²) < 4.78 is 2.15. The van der Waals surface area contributed by atoms with Crippen LogP contribution < -0.4 is 0 Å². The van der Waals surface area contributed by atoms with Crippen molar-refractivity contribution in [2.45, 2.75) is 12.3 Å². The molecule has 0 saturated heterocycles. The second-order valence-electron chi connectivity index (χ2n) is 3.89. The standard InChI is InChI=1S/C14H11Br2Cl/c1-9-3-2-4-12(13(9)16)14(17)10-5-7-11(15)8-6-10/h2-8,14H,1H3. The van der Waals surface area contributed by atoms with Gasteiger partial charge in [-0.15, -0.1) is 11.6 Å². The van der Waals surface area contributed by atoms with Crippen LogP contribution in [0.1, 0.15) is 22.1 Å². The largest absolute Gasteiger partial charge is 0.113 e. The SMILES string of the molecule is Cc1cccc(C(Cl)c2ccc(Br)cc2)c1Br. The Morgan fingerprint density at radius 1 is 1.00 bits per heavy atom. The maximum absolute atomic E-state index is 6.52. The van der Waals surface area contributed by atoms with Crippen molar-refractivity contribution in [3.8, 4) is 0 Å². The van der Waals surface area contributed by atoms with Crippen LogP contribution in [0.3, 0.4) is 0 Å². The lowest BCUT2D eigenvalue weighted by Crippen LogP contribution is -1.95. The predicted octanol–water partition coefficient (Wildman–Crippen LogP) is 5.85. The molecule has 0 aliphatic carbocycles. The molecule has 2 aromatic carbocycles. The third-order valence-electron chi connectivity index (χ3n) is 2.66. The average Bonchev–Trinajstić information content (AvgIpc) is 2.33. The summed E-state index contributed by atoms with van der Waals surface area (Å²) in [6.45, 7) is 2.07. The Hall–Kier alpha value is -0.310. The zero-order chi connectivity index (χ0) is 12.4. The molecule has 0 spiro atoms. The summed E-state index contributed by atoms with van der Waals surface area (Å²) in [6.07, 6.45) is 0. The molecule has 0 radical (unpaired) electrons. The Kier molecular flexibility index (Phi) is 4.29. The van der Waals surface area contributed by atoms with E-state index in [1.165, 1.54) is 5.56 Å². The summed E-state index contributed by atoms with van der Waals surface area (Å²) in [4.78, 5) is 0. The fourth-order valence-electron chi connectivity index (χ4n) is 1.68.